The van der Waals surface area contributed by atoms with E-state index in [1.807, 2.05) is 0 Å². The number of rotatable bonds is 5. The van der Waals surface area contributed by atoms with Crippen LogP contribution in [0.1, 0.15) is 31.6 Å². The first kappa shape index (κ1) is 11.9. The molecule has 0 amide bonds. The quantitative estimate of drug-likeness (QED) is 0.812. The molecule has 0 fully saturated rings. The van der Waals surface area contributed by atoms with Crippen LogP contribution in [0.3, 0.4) is 0 Å². The second-order valence-corrected chi connectivity index (χ2v) is 6.49. The normalized spacial score (nSPS) is 27.2. The van der Waals surface area contributed by atoms with Gasteiger partial charge in [-0.15, -0.1) is 0 Å². The Morgan fingerprint density at radius 3 is 3.09 bits per heavy atom. The number of halogens is 2. The van der Waals surface area contributed by atoms with E-state index in [1.165, 1.54) is 6.92 Å². The molecule has 1 aliphatic carbocycles. The average molecular weight is 367 g/mol. The van der Waals surface area contributed by atoms with Gasteiger partial charge in [0.15, 0.2) is 1.41 Å². The summed E-state index contributed by atoms with van der Waals surface area (Å²) < 4.78 is 84.2. The molecule has 1 aromatic rings. The Hall–Kier alpha value is -1.60. The molecule has 0 unspecified atom stereocenters. The van der Waals surface area contributed by atoms with Crippen molar-refractivity contribution in [3.05, 3.63) is 40.7 Å². The van der Waals surface area contributed by atoms with Crippen LogP contribution in [0.2, 0.25) is 6.43 Å². The lowest BCUT2D eigenvalue weighted by Gasteiger charge is -2.24. The Morgan fingerprint density at radius 1 is 1.70 bits per heavy atom. The zero-order valence-electron chi connectivity index (χ0n) is 17.1. The molecule has 0 aliphatic heterocycles. The van der Waals surface area contributed by atoms with Crippen LogP contribution in [0.25, 0.3) is 0 Å². The molecule has 0 bridgehead atoms. The van der Waals surface area contributed by atoms with Crippen molar-refractivity contribution in [2.75, 3.05) is 11.3 Å². The molecule has 0 spiro atoms. The molecular formula is C15H17ClFNO4S. The highest BCUT2D eigenvalue weighted by molar-refractivity contribution is 7.93. The number of allylic oxidation sites excluding steroid dienone is 1. The van der Waals surface area contributed by atoms with Crippen LogP contribution < -0.4 is 4.72 Å². The number of nitrogens with one attached hydrogen (secondary N) is 1. The zero-order chi connectivity index (χ0) is 21.5. The molecule has 2 rings (SSSR count). The van der Waals surface area contributed by atoms with Crippen LogP contribution in [0.5, 0.6) is 0 Å². The van der Waals surface area contributed by atoms with Crippen molar-refractivity contribution < 1.29 is 29.2 Å². The van der Waals surface area contributed by atoms with Crippen LogP contribution >= 0.6 is 11.6 Å². The highest BCUT2D eigenvalue weighted by Crippen LogP contribution is 2.30. The number of ether oxygens (including phenoxy) is 1. The number of carbonyl (C=O) groups excluding carboxylic acids is 1. The van der Waals surface area contributed by atoms with Crippen molar-refractivity contribution >= 4 is 33.3 Å². The second-order valence-electron chi connectivity index (χ2n) is 4.46. The minimum absolute atomic E-state index is 0.157. The predicted molar refractivity (Wildman–Crippen MR) is 86.3 cm³/mol. The molecule has 5 nitrogen and oxygen atoms in total. The minimum atomic E-state index is -5.13. The van der Waals surface area contributed by atoms with Crippen LogP contribution in [0.4, 0.5) is 10.1 Å². The van der Waals surface area contributed by atoms with E-state index in [9.17, 15) is 17.6 Å². The molecule has 1 atom stereocenters. The van der Waals surface area contributed by atoms with Crippen molar-refractivity contribution in [2.24, 2.45) is 0 Å². The molecule has 1 N–H and O–H groups in total. The summed E-state index contributed by atoms with van der Waals surface area (Å²) in [7, 11) is -5.13. The van der Waals surface area contributed by atoms with E-state index < -0.39 is 68.6 Å². The molecule has 0 aromatic heterocycles. The third-order valence-electron chi connectivity index (χ3n) is 2.87. The topological polar surface area (TPSA) is 72.5 Å². The Bertz CT molecular complexity index is 942. The zero-order valence-corrected chi connectivity index (χ0v) is 13.7. The van der Waals surface area contributed by atoms with Crippen molar-refractivity contribution in [3.8, 4) is 0 Å². The van der Waals surface area contributed by atoms with Gasteiger partial charge in [0.05, 0.1) is 25.6 Å². The molecule has 126 valence electrons. The first-order valence-electron chi connectivity index (χ1n) is 9.08. The maximum absolute atomic E-state index is 13.2. The standard InChI is InChI=1S/C15H17ClFNO4S/c1-2-22-15(19)11-5-3-4-6-14(11)23(20,21)18-13-8-7-10(17)9-12(13)16/h5,7-9,14,18H,2-4,6H2,1H3/t14-/m1/s1/i4D2,5D,14D/hD. The average Bonchev–Trinajstić information content (AvgIpc) is 2.52. The number of hydrogen-bond acceptors (Lipinski definition) is 4. The lowest BCUT2D eigenvalue weighted by atomic mass is 9.99. The molecule has 0 saturated heterocycles. The molecule has 1 aliphatic rings. The molecule has 0 saturated carbocycles. The first-order chi connectivity index (χ1) is 12.8. The fraction of sp³-hybridized carbons (Fsp3) is 0.400. The van der Waals surface area contributed by atoms with E-state index in [4.69, 9.17) is 23.2 Å². The summed E-state index contributed by atoms with van der Waals surface area (Å²) in [6.07, 6.45) is -3.89. The molecule has 0 heterocycles. The van der Waals surface area contributed by atoms with E-state index in [0.29, 0.717) is 0 Å². The molecular weight excluding hydrogens is 345 g/mol. The third kappa shape index (κ3) is 4.23. The van der Waals surface area contributed by atoms with Gasteiger partial charge in [-0.05, 0) is 44.3 Å². The van der Waals surface area contributed by atoms with Gasteiger partial charge in [0.2, 0.25) is 10.0 Å². The van der Waals surface area contributed by atoms with Crippen LogP contribution in [-0.4, -0.2) is 26.2 Å². The van der Waals surface area contributed by atoms with Gasteiger partial charge < -0.3 is 4.74 Å². The maximum Gasteiger partial charge on any atom is 0.335 e. The van der Waals surface area contributed by atoms with Gasteiger partial charge in [-0.25, -0.2) is 17.6 Å². The Morgan fingerprint density at radius 2 is 2.43 bits per heavy atom. The fourth-order valence-corrected chi connectivity index (χ4v) is 3.35. The molecule has 23 heavy (non-hydrogen) atoms. The third-order valence-corrected chi connectivity index (χ3v) is 4.58. The van der Waals surface area contributed by atoms with Gasteiger partial charge in [0.1, 0.15) is 11.0 Å². The number of benzene rings is 1. The summed E-state index contributed by atoms with van der Waals surface area (Å²) in [6.45, 7) is 1.28. The van der Waals surface area contributed by atoms with Gasteiger partial charge in [0.25, 0.3) is 0 Å². The Labute approximate surface area is 146 Å². The van der Waals surface area contributed by atoms with Gasteiger partial charge in [-0.3, -0.25) is 4.72 Å². The number of sulfonamides is 1. The number of anilines is 1. The summed E-state index contributed by atoms with van der Waals surface area (Å²) in [4.78, 5) is 12.3. The monoisotopic (exact) mass is 366 g/mol. The summed E-state index contributed by atoms with van der Waals surface area (Å²) in [5, 5.41) is -3.45. The molecule has 0 radical (unpaired) electrons. The summed E-state index contributed by atoms with van der Waals surface area (Å²) in [5.41, 5.74) is -1.35. The van der Waals surface area contributed by atoms with Crippen molar-refractivity contribution in [3.63, 3.8) is 0 Å². The molecule has 1 aromatic carbocycles. The first-order valence-corrected chi connectivity index (χ1v) is 8.45. The second kappa shape index (κ2) is 7.31. The minimum Gasteiger partial charge on any atom is -0.463 e. The van der Waals surface area contributed by atoms with Gasteiger partial charge in [-0.2, -0.15) is 0 Å². The highest BCUT2D eigenvalue weighted by Gasteiger charge is 2.35. The molecule has 8 heteroatoms. The van der Waals surface area contributed by atoms with E-state index >= 15 is 0 Å². The SMILES string of the molecule is [2H]C1=C(C(=O)OCC)[C@]([2H])(S(=O)(=O)N([2H])c2ccc(F)cc2Cl)CC([2H])([2H])C1. The maximum atomic E-state index is 13.2. The summed E-state index contributed by atoms with van der Waals surface area (Å²) >= 11 is 5.81. The van der Waals surface area contributed by atoms with E-state index in [2.05, 4.69) is 0 Å². The van der Waals surface area contributed by atoms with Crippen molar-refractivity contribution in [2.45, 2.75) is 31.4 Å². The predicted octanol–water partition coefficient (Wildman–Crippen LogP) is 3.26. The van der Waals surface area contributed by atoms with E-state index in [1.54, 1.807) is 0 Å². The number of esters is 1. The summed E-state index contributed by atoms with van der Waals surface area (Å²) in [6, 6.07) is 1.82. The Balaban J connectivity index is 2.67. The largest absolute Gasteiger partial charge is 0.463 e. The number of hydrogen-bond donors (Lipinski definition) is 1. The Kier molecular flexibility index (Phi) is 3.77. The lowest BCUT2D eigenvalue weighted by Crippen LogP contribution is -2.34. The van der Waals surface area contributed by atoms with Crippen LogP contribution in [0, 0.1) is 5.82 Å². The fourth-order valence-electron chi connectivity index (χ4n) is 1.86. The summed E-state index contributed by atoms with van der Waals surface area (Å²) in [5.74, 6) is -2.03. The van der Waals surface area contributed by atoms with Crippen molar-refractivity contribution in [1.82, 2.24) is 0 Å². The van der Waals surface area contributed by atoms with Crippen LogP contribution in [-0.2, 0) is 19.6 Å². The smallest absolute Gasteiger partial charge is 0.335 e. The van der Waals surface area contributed by atoms with Crippen molar-refractivity contribution in [1.29, 1.82) is 0 Å². The van der Waals surface area contributed by atoms with Gasteiger partial charge >= 0.3 is 5.97 Å². The highest BCUT2D eigenvalue weighted by atomic mass is 35.5. The lowest BCUT2D eigenvalue weighted by molar-refractivity contribution is -0.138. The van der Waals surface area contributed by atoms with E-state index in [-0.39, 0.29) is 11.3 Å². The van der Waals surface area contributed by atoms with Crippen LogP contribution in [0.15, 0.2) is 29.8 Å². The number of carbonyl (C=O) groups is 1. The van der Waals surface area contributed by atoms with E-state index in [0.717, 1.165) is 18.2 Å². The van der Waals surface area contributed by atoms with Gasteiger partial charge in [-0.1, -0.05) is 17.7 Å². The van der Waals surface area contributed by atoms with Gasteiger partial charge in [0, 0.05) is 2.74 Å².